The maximum Gasteiger partial charge on any atom is 0.319 e. The minimum absolute atomic E-state index is 0.0152. The highest BCUT2D eigenvalue weighted by atomic mass is 35.5. The van der Waals surface area contributed by atoms with E-state index in [9.17, 15) is 18.8 Å². The summed E-state index contributed by atoms with van der Waals surface area (Å²) in [5.74, 6) is -3.86. The van der Waals surface area contributed by atoms with E-state index in [1.165, 1.54) is 36.3 Å². The highest BCUT2D eigenvalue weighted by molar-refractivity contribution is 6.30. The number of amides is 4. The van der Waals surface area contributed by atoms with Crippen LogP contribution in [-0.4, -0.2) is 51.2 Å². The molecule has 2 N–H and O–H groups in total. The molecule has 1 atom stereocenters. The van der Waals surface area contributed by atoms with Crippen molar-refractivity contribution in [2.45, 2.75) is 12.5 Å². The number of anilines is 3. The molecule has 4 rings (SSSR count). The number of ether oxygens (including phenoxy) is 1. The lowest BCUT2D eigenvalue weighted by Gasteiger charge is -2.22. The van der Waals surface area contributed by atoms with E-state index in [-0.39, 0.29) is 53.6 Å². The summed E-state index contributed by atoms with van der Waals surface area (Å²) < 4.78 is 49.7. The molecule has 39 heavy (non-hydrogen) atoms. The molecular formula is C27H24ClF3N4O4. The number of nitrogens with one attached hydrogen (secondary N) is 2. The second-order valence-corrected chi connectivity index (χ2v) is 9.06. The molecule has 1 fully saturated rings. The molecule has 1 aliphatic heterocycles. The quantitative estimate of drug-likeness (QED) is 0.362. The number of methoxy groups -OCH3 is 1. The molecule has 0 bridgehead atoms. The largest absolute Gasteiger partial charge is 0.383 e. The van der Waals surface area contributed by atoms with Gasteiger partial charge in [0.25, 0.3) is 0 Å². The van der Waals surface area contributed by atoms with Crippen LogP contribution in [0.5, 0.6) is 0 Å². The molecule has 0 spiro atoms. The molecule has 1 aliphatic rings. The number of nitrogens with zero attached hydrogens (tertiary/aromatic N) is 2. The molecule has 4 amide bonds. The smallest absolute Gasteiger partial charge is 0.319 e. The SMILES string of the molecule is COCCN(C=O)c1ccccc1-c1ccc(N2CCC(NC(=O)Nc3ccc(Cl)cc3F)C2=O)c(F)c1F. The van der Waals surface area contributed by atoms with Crippen molar-refractivity contribution in [2.75, 3.05) is 41.9 Å². The van der Waals surface area contributed by atoms with Crippen LogP contribution in [0, 0.1) is 17.5 Å². The summed E-state index contributed by atoms with van der Waals surface area (Å²) in [6, 6.07) is 10.9. The Morgan fingerprint density at radius 3 is 2.62 bits per heavy atom. The standard InChI is InChI=1S/C27H24ClF3N4O4/c1-39-13-12-34(15-36)22-5-3-2-4-17(22)18-7-9-23(25(31)24(18)30)35-11-10-21(26(35)37)33-27(38)32-20-8-6-16(28)14-19(20)29/h2-9,14-15,21H,10-13H2,1H3,(H2,32,33,38). The molecule has 12 heteroatoms. The predicted molar refractivity (Wildman–Crippen MR) is 141 cm³/mol. The lowest BCUT2D eigenvalue weighted by atomic mass is 10.0. The van der Waals surface area contributed by atoms with Crippen LogP contribution >= 0.6 is 11.6 Å². The van der Waals surface area contributed by atoms with Crippen LogP contribution in [0.1, 0.15) is 6.42 Å². The fourth-order valence-corrected chi connectivity index (χ4v) is 4.45. The van der Waals surface area contributed by atoms with E-state index in [4.69, 9.17) is 16.3 Å². The Morgan fingerprint density at radius 2 is 1.90 bits per heavy atom. The normalized spacial score (nSPS) is 14.8. The molecule has 0 radical (unpaired) electrons. The van der Waals surface area contributed by atoms with Crippen LogP contribution in [0.2, 0.25) is 5.02 Å². The van der Waals surface area contributed by atoms with Crippen LogP contribution in [0.15, 0.2) is 54.6 Å². The molecule has 1 heterocycles. The van der Waals surface area contributed by atoms with E-state index >= 15 is 8.78 Å². The highest BCUT2D eigenvalue weighted by Gasteiger charge is 2.36. The van der Waals surface area contributed by atoms with Crippen molar-refractivity contribution in [3.63, 3.8) is 0 Å². The van der Waals surface area contributed by atoms with Crippen molar-refractivity contribution in [1.29, 1.82) is 0 Å². The van der Waals surface area contributed by atoms with Crippen molar-refractivity contribution in [3.8, 4) is 11.1 Å². The number of rotatable bonds is 9. The number of para-hydroxylation sites is 1. The number of carbonyl (C=O) groups is 3. The van der Waals surface area contributed by atoms with E-state index in [2.05, 4.69) is 10.6 Å². The van der Waals surface area contributed by atoms with E-state index in [0.29, 0.717) is 12.1 Å². The first-order valence-corrected chi connectivity index (χ1v) is 12.2. The van der Waals surface area contributed by atoms with Crippen LogP contribution in [0.4, 0.5) is 35.0 Å². The minimum Gasteiger partial charge on any atom is -0.383 e. The topological polar surface area (TPSA) is 91.0 Å². The summed E-state index contributed by atoms with van der Waals surface area (Å²) in [4.78, 5) is 39.3. The molecule has 3 aromatic carbocycles. The number of halogens is 4. The van der Waals surface area contributed by atoms with Crippen LogP contribution in [0.3, 0.4) is 0 Å². The van der Waals surface area contributed by atoms with Gasteiger partial charge in [-0.1, -0.05) is 29.8 Å². The molecule has 0 saturated carbocycles. The number of hydrogen-bond acceptors (Lipinski definition) is 4. The van der Waals surface area contributed by atoms with Crippen molar-refractivity contribution < 1.29 is 32.3 Å². The Kier molecular flexibility index (Phi) is 8.72. The van der Waals surface area contributed by atoms with Gasteiger partial charge in [0, 0.05) is 36.3 Å². The molecule has 3 aromatic rings. The maximum atomic E-state index is 15.4. The summed E-state index contributed by atoms with van der Waals surface area (Å²) in [6.07, 6.45) is 0.697. The third kappa shape index (κ3) is 5.99. The van der Waals surface area contributed by atoms with E-state index < -0.39 is 35.4 Å². The second-order valence-electron chi connectivity index (χ2n) is 8.62. The van der Waals surface area contributed by atoms with Crippen LogP contribution in [-0.2, 0) is 14.3 Å². The molecule has 0 aromatic heterocycles. The van der Waals surface area contributed by atoms with Crippen molar-refractivity contribution >= 4 is 47.0 Å². The molecule has 1 unspecified atom stereocenters. The van der Waals surface area contributed by atoms with Gasteiger partial charge in [-0.05, 0) is 42.8 Å². The van der Waals surface area contributed by atoms with Crippen LogP contribution in [0.25, 0.3) is 11.1 Å². The van der Waals surface area contributed by atoms with E-state index in [1.807, 2.05) is 0 Å². The molecule has 8 nitrogen and oxygen atoms in total. The first-order valence-electron chi connectivity index (χ1n) is 11.9. The molecule has 1 saturated heterocycles. The van der Waals surface area contributed by atoms with Gasteiger partial charge in [-0.2, -0.15) is 0 Å². The van der Waals surface area contributed by atoms with Crippen molar-refractivity contribution in [2.24, 2.45) is 0 Å². The third-order valence-corrected chi connectivity index (χ3v) is 6.45. The zero-order valence-corrected chi connectivity index (χ0v) is 21.5. The van der Waals surface area contributed by atoms with Gasteiger partial charge in [-0.15, -0.1) is 0 Å². The predicted octanol–water partition coefficient (Wildman–Crippen LogP) is 4.96. The van der Waals surface area contributed by atoms with Gasteiger partial charge in [0.1, 0.15) is 11.9 Å². The fraction of sp³-hybridized carbons (Fsp3) is 0.222. The van der Waals surface area contributed by atoms with Gasteiger partial charge >= 0.3 is 6.03 Å². The van der Waals surface area contributed by atoms with Crippen molar-refractivity contribution in [3.05, 3.63) is 77.1 Å². The molecular weight excluding hydrogens is 537 g/mol. The maximum absolute atomic E-state index is 15.4. The zero-order valence-electron chi connectivity index (χ0n) is 20.7. The lowest BCUT2D eigenvalue weighted by molar-refractivity contribution is -0.118. The minimum atomic E-state index is -1.25. The van der Waals surface area contributed by atoms with Gasteiger partial charge in [0.05, 0.1) is 23.7 Å². The van der Waals surface area contributed by atoms with Gasteiger partial charge in [0.2, 0.25) is 12.3 Å². The first kappa shape index (κ1) is 27.9. The average Bonchev–Trinajstić information content (AvgIpc) is 3.27. The van der Waals surface area contributed by atoms with Crippen LogP contribution < -0.4 is 20.4 Å². The summed E-state index contributed by atoms with van der Waals surface area (Å²) in [5, 5.41) is 4.87. The van der Waals surface area contributed by atoms with E-state index in [1.54, 1.807) is 24.3 Å². The first-order chi connectivity index (χ1) is 18.7. The summed E-state index contributed by atoms with van der Waals surface area (Å²) >= 11 is 5.70. The summed E-state index contributed by atoms with van der Waals surface area (Å²) in [6.45, 7) is 0.456. The van der Waals surface area contributed by atoms with Gasteiger partial charge in [-0.3, -0.25) is 9.59 Å². The van der Waals surface area contributed by atoms with E-state index in [0.717, 1.165) is 11.0 Å². The second kappa shape index (κ2) is 12.2. The monoisotopic (exact) mass is 560 g/mol. The average molecular weight is 561 g/mol. The van der Waals surface area contributed by atoms with Crippen molar-refractivity contribution in [1.82, 2.24) is 5.32 Å². The third-order valence-electron chi connectivity index (χ3n) is 6.21. The Morgan fingerprint density at radius 1 is 1.13 bits per heavy atom. The number of carbonyl (C=O) groups excluding carboxylic acids is 3. The Balaban J connectivity index is 1.52. The lowest BCUT2D eigenvalue weighted by Crippen LogP contribution is -2.43. The Bertz CT molecular complexity index is 1410. The van der Waals surface area contributed by atoms with Gasteiger partial charge in [0.15, 0.2) is 11.6 Å². The molecule has 0 aliphatic carbocycles. The molecule has 204 valence electrons. The number of benzene rings is 3. The summed E-state index contributed by atoms with van der Waals surface area (Å²) in [5.41, 5.74) is 0.112. The van der Waals surface area contributed by atoms with Gasteiger partial charge < -0.3 is 25.2 Å². The Hall–Kier alpha value is -4.09. The fourth-order valence-electron chi connectivity index (χ4n) is 4.29. The Labute approximate surface area is 227 Å². The highest BCUT2D eigenvalue weighted by Crippen LogP contribution is 2.36. The van der Waals surface area contributed by atoms with Gasteiger partial charge in [-0.25, -0.2) is 18.0 Å². The zero-order chi connectivity index (χ0) is 28.1. The number of urea groups is 1. The summed E-state index contributed by atoms with van der Waals surface area (Å²) in [7, 11) is 1.48. The number of hydrogen-bond donors (Lipinski definition) is 2.